The largest absolute Gasteiger partial charge is 0.493 e. The van der Waals surface area contributed by atoms with E-state index in [4.69, 9.17) is 22.2 Å². The molecule has 3 aromatic rings. The third-order valence-electron chi connectivity index (χ3n) is 10.6. The minimum absolute atomic E-state index is 0.0141. The van der Waals surface area contributed by atoms with E-state index in [1.807, 2.05) is 17.9 Å². The van der Waals surface area contributed by atoms with Crippen LogP contribution in [0.15, 0.2) is 48.7 Å². The number of pyridine rings is 1. The Balaban J connectivity index is 1.00. The zero-order valence-electron chi connectivity index (χ0n) is 32.0. The van der Waals surface area contributed by atoms with Gasteiger partial charge in [-0.3, -0.25) is 34.3 Å². The van der Waals surface area contributed by atoms with Gasteiger partial charge in [-0.05, 0) is 125 Å². The SMILES string of the molecule is CCc1cc(N2C(=S)N(c3cnc(C#N)c(C(F)(F)F)c3)C(=O)C2(C)C)ccc1OCCC1CCN(CC(=O)Nc2cc(NC3CCC(=O)NC3=O)ccc2F)CC1. The monoisotopic (exact) mass is 822 g/mol. The summed E-state index contributed by atoms with van der Waals surface area (Å²) in [7, 11) is 0. The number of imide groups is 1. The number of aromatic nitrogens is 1. The smallest absolute Gasteiger partial charge is 0.419 e. The number of amides is 4. The van der Waals surface area contributed by atoms with Crippen molar-refractivity contribution in [2.24, 2.45) is 5.92 Å². The van der Waals surface area contributed by atoms with Crippen LogP contribution in [0.4, 0.5) is 40.3 Å². The average Bonchev–Trinajstić information content (AvgIpc) is 3.36. The lowest BCUT2D eigenvalue weighted by Gasteiger charge is -2.31. The Bertz CT molecular complexity index is 2170. The number of carbonyl (C=O) groups is 4. The van der Waals surface area contributed by atoms with E-state index in [1.54, 1.807) is 30.9 Å². The third kappa shape index (κ3) is 9.05. The van der Waals surface area contributed by atoms with Gasteiger partial charge >= 0.3 is 6.18 Å². The lowest BCUT2D eigenvalue weighted by molar-refractivity contribution is -0.138. The van der Waals surface area contributed by atoms with Crippen molar-refractivity contribution in [3.8, 4) is 11.8 Å². The number of anilines is 4. The van der Waals surface area contributed by atoms with Gasteiger partial charge in [-0.15, -0.1) is 0 Å². The van der Waals surface area contributed by atoms with Gasteiger partial charge < -0.3 is 20.3 Å². The molecule has 0 bridgehead atoms. The number of thiocarbonyl (C=S) groups is 1. The Morgan fingerprint density at radius 3 is 2.50 bits per heavy atom. The number of rotatable bonds is 12. The predicted molar refractivity (Wildman–Crippen MR) is 211 cm³/mol. The van der Waals surface area contributed by atoms with Crippen LogP contribution in [0.3, 0.4) is 0 Å². The molecule has 0 aliphatic carbocycles. The number of benzene rings is 2. The van der Waals surface area contributed by atoms with Crippen LogP contribution >= 0.6 is 12.2 Å². The molecule has 0 spiro atoms. The van der Waals surface area contributed by atoms with Gasteiger partial charge in [0.2, 0.25) is 17.7 Å². The average molecular weight is 823 g/mol. The van der Waals surface area contributed by atoms with Gasteiger partial charge in [0.05, 0.1) is 36.3 Å². The third-order valence-corrected chi connectivity index (χ3v) is 10.9. The zero-order chi connectivity index (χ0) is 41.9. The number of likely N-dealkylation sites (tertiary alicyclic amines) is 1. The molecular weight excluding hydrogens is 781 g/mol. The molecular formula is C40H42F4N8O5S. The Kier molecular flexibility index (Phi) is 12.3. The van der Waals surface area contributed by atoms with E-state index in [-0.39, 0.29) is 41.3 Å². The summed E-state index contributed by atoms with van der Waals surface area (Å²) in [5.74, 6) is -1.33. The highest BCUT2D eigenvalue weighted by atomic mass is 32.1. The number of hydrogen-bond acceptors (Lipinski definition) is 10. The summed E-state index contributed by atoms with van der Waals surface area (Å²) in [6, 6.07) is 11.0. The number of aryl methyl sites for hydroxylation is 1. The van der Waals surface area contributed by atoms with Crippen LogP contribution in [0.25, 0.3) is 0 Å². The molecule has 0 saturated carbocycles. The summed E-state index contributed by atoms with van der Waals surface area (Å²) in [5, 5.41) is 17.0. The topological polar surface area (TPSA) is 160 Å². The van der Waals surface area contributed by atoms with Crippen molar-refractivity contribution in [1.29, 1.82) is 5.26 Å². The molecule has 3 aliphatic rings. The first kappa shape index (κ1) is 41.9. The number of alkyl halides is 3. The molecule has 18 heteroatoms. The fourth-order valence-corrected chi connectivity index (χ4v) is 7.89. The first-order valence-electron chi connectivity index (χ1n) is 18.8. The summed E-state index contributed by atoms with van der Waals surface area (Å²) in [6.07, 6.45) is -0.310. The van der Waals surface area contributed by atoms with Crippen molar-refractivity contribution in [3.63, 3.8) is 0 Å². The van der Waals surface area contributed by atoms with Crippen molar-refractivity contribution in [1.82, 2.24) is 15.2 Å². The van der Waals surface area contributed by atoms with E-state index in [1.165, 1.54) is 24.3 Å². The van der Waals surface area contributed by atoms with Gasteiger partial charge in [0.25, 0.3) is 5.91 Å². The number of carbonyl (C=O) groups excluding carboxylic acids is 4. The molecule has 13 nitrogen and oxygen atoms in total. The Labute approximate surface area is 337 Å². The van der Waals surface area contributed by atoms with Gasteiger partial charge in [-0.1, -0.05) is 6.92 Å². The maximum absolute atomic E-state index is 14.6. The second kappa shape index (κ2) is 17.0. The number of nitriles is 1. The molecule has 58 heavy (non-hydrogen) atoms. The van der Waals surface area contributed by atoms with Crippen LogP contribution in [0, 0.1) is 23.1 Å². The highest BCUT2D eigenvalue weighted by Crippen LogP contribution is 2.40. The molecule has 6 rings (SSSR count). The molecule has 306 valence electrons. The number of halogens is 4. The Hall–Kier alpha value is -5.67. The normalized spacial score (nSPS) is 18.9. The standard InChI is InChI=1S/C40H42F4N8O5S/c1-4-24-17-26(52-38(58)51(37(56)39(52,2)3)27-19-28(40(42,43)44)32(20-45)46-21-27)6-9-33(24)57-16-13-23-11-14-50(15-12-23)22-35(54)48-31-18-25(5-7-29(31)41)47-30-8-10-34(53)49-36(30)55/h5-7,9,17-19,21,23,30,47H,4,8,10-16,22H2,1-3H3,(H,48,54)(H,49,53,55). The van der Waals surface area contributed by atoms with E-state index in [0.29, 0.717) is 61.6 Å². The van der Waals surface area contributed by atoms with E-state index in [9.17, 15) is 36.7 Å². The summed E-state index contributed by atoms with van der Waals surface area (Å²) < 4.78 is 62.0. The van der Waals surface area contributed by atoms with Crippen molar-refractivity contribution in [2.75, 3.05) is 46.7 Å². The lowest BCUT2D eigenvalue weighted by Crippen LogP contribution is -2.47. The summed E-state index contributed by atoms with van der Waals surface area (Å²) in [4.78, 5) is 58.3. The van der Waals surface area contributed by atoms with Gasteiger partial charge in [0.1, 0.15) is 29.2 Å². The molecule has 3 saturated heterocycles. The minimum atomic E-state index is -4.87. The second-order valence-corrected chi connectivity index (χ2v) is 15.3. The summed E-state index contributed by atoms with van der Waals surface area (Å²) >= 11 is 5.67. The first-order chi connectivity index (χ1) is 27.5. The van der Waals surface area contributed by atoms with Gasteiger partial charge in [0, 0.05) is 17.8 Å². The van der Waals surface area contributed by atoms with Crippen LogP contribution in [-0.2, 0) is 31.8 Å². The molecule has 1 unspecified atom stereocenters. The van der Waals surface area contributed by atoms with E-state index in [0.717, 1.165) is 35.9 Å². The highest BCUT2D eigenvalue weighted by Gasteiger charge is 2.51. The van der Waals surface area contributed by atoms with Crippen molar-refractivity contribution in [2.45, 2.75) is 77.1 Å². The van der Waals surface area contributed by atoms with Gasteiger partial charge in [-0.2, -0.15) is 18.4 Å². The lowest BCUT2D eigenvalue weighted by atomic mass is 9.94. The molecule has 4 heterocycles. The number of nitrogens with zero attached hydrogens (tertiary/aromatic N) is 5. The quantitative estimate of drug-likeness (QED) is 0.113. The maximum Gasteiger partial charge on any atom is 0.419 e. The van der Waals surface area contributed by atoms with Gasteiger partial charge in [-0.25, -0.2) is 9.37 Å². The predicted octanol–water partition coefficient (Wildman–Crippen LogP) is 5.93. The van der Waals surface area contributed by atoms with Crippen LogP contribution in [-0.4, -0.2) is 76.4 Å². The Morgan fingerprint density at radius 1 is 1.09 bits per heavy atom. The van der Waals surface area contributed by atoms with Crippen LogP contribution in [0.1, 0.15) is 69.7 Å². The van der Waals surface area contributed by atoms with Crippen LogP contribution in [0.5, 0.6) is 5.75 Å². The van der Waals surface area contributed by atoms with Crippen LogP contribution in [0.2, 0.25) is 0 Å². The van der Waals surface area contributed by atoms with E-state index < -0.39 is 46.6 Å². The molecule has 2 aromatic carbocycles. The second-order valence-electron chi connectivity index (χ2n) is 14.9. The minimum Gasteiger partial charge on any atom is -0.493 e. The molecule has 0 radical (unpaired) electrons. The van der Waals surface area contributed by atoms with Crippen molar-refractivity contribution < 1.29 is 41.5 Å². The van der Waals surface area contributed by atoms with E-state index in [2.05, 4.69) is 20.9 Å². The zero-order valence-corrected chi connectivity index (χ0v) is 32.9. The summed E-state index contributed by atoms with van der Waals surface area (Å²) in [6.45, 7) is 7.07. The number of nitrogens with one attached hydrogen (secondary N) is 3. The fraction of sp³-hybridized carbons (Fsp3) is 0.425. The Morgan fingerprint density at radius 2 is 1.83 bits per heavy atom. The molecule has 1 aromatic heterocycles. The van der Waals surface area contributed by atoms with Gasteiger partial charge in [0.15, 0.2) is 10.8 Å². The highest BCUT2D eigenvalue weighted by molar-refractivity contribution is 7.81. The fourth-order valence-electron chi connectivity index (χ4n) is 7.36. The van der Waals surface area contributed by atoms with E-state index >= 15 is 0 Å². The van der Waals surface area contributed by atoms with Crippen molar-refractivity contribution >= 4 is 63.7 Å². The molecule has 3 N–H and O–H groups in total. The number of hydrogen-bond donors (Lipinski definition) is 3. The molecule has 4 amide bonds. The maximum atomic E-state index is 14.6. The molecule has 3 aliphatic heterocycles. The molecule has 3 fully saturated rings. The van der Waals surface area contributed by atoms with Crippen LogP contribution < -0.4 is 30.5 Å². The number of piperidine rings is 2. The molecule has 1 atom stereocenters. The first-order valence-corrected chi connectivity index (χ1v) is 19.2. The number of ether oxygens (including phenoxy) is 1. The van der Waals surface area contributed by atoms with Crippen molar-refractivity contribution in [3.05, 3.63) is 71.3 Å². The summed E-state index contributed by atoms with van der Waals surface area (Å²) in [5.41, 5.74) is -1.69.